The Kier molecular flexibility index (Phi) is 5.96. The van der Waals surface area contributed by atoms with Crippen molar-refractivity contribution >= 4 is 18.3 Å². The van der Waals surface area contributed by atoms with Crippen LogP contribution in [0.4, 0.5) is 4.39 Å². The highest BCUT2D eigenvalue weighted by atomic mass is 35.5. The van der Waals surface area contributed by atoms with E-state index in [4.69, 9.17) is 0 Å². The Hall–Kier alpha value is -1.92. The third-order valence-corrected chi connectivity index (χ3v) is 4.43. The van der Waals surface area contributed by atoms with E-state index < -0.39 is 0 Å². The van der Waals surface area contributed by atoms with Crippen molar-refractivity contribution in [3.8, 4) is 0 Å². The minimum absolute atomic E-state index is 0. The third kappa shape index (κ3) is 3.76. The molecule has 2 aromatic rings. The van der Waals surface area contributed by atoms with Gasteiger partial charge < -0.3 is 10.2 Å². The Morgan fingerprint density at radius 2 is 2.17 bits per heavy atom. The number of carbonyl (C=O) groups excluding carboxylic acids is 1. The van der Waals surface area contributed by atoms with Gasteiger partial charge in [0.25, 0.3) is 0 Å². The highest BCUT2D eigenvalue weighted by Gasteiger charge is 2.36. The minimum atomic E-state index is -0.277. The molecule has 1 aliphatic rings. The van der Waals surface area contributed by atoms with Crippen molar-refractivity contribution < 1.29 is 9.18 Å². The summed E-state index contributed by atoms with van der Waals surface area (Å²) in [5.41, 5.74) is 1.60. The van der Waals surface area contributed by atoms with Crippen molar-refractivity contribution in [3.05, 3.63) is 53.6 Å². The van der Waals surface area contributed by atoms with Gasteiger partial charge in [0.15, 0.2) is 0 Å². The molecule has 1 N–H and O–H groups in total. The number of hydrogen-bond donors (Lipinski definition) is 1. The van der Waals surface area contributed by atoms with Gasteiger partial charge >= 0.3 is 0 Å². The summed E-state index contributed by atoms with van der Waals surface area (Å²) in [5, 5.41) is 7.48. The molecule has 1 aromatic carbocycles. The maximum atomic E-state index is 13.8. The molecule has 130 valence electrons. The van der Waals surface area contributed by atoms with E-state index in [1.54, 1.807) is 34.8 Å². The van der Waals surface area contributed by atoms with Gasteiger partial charge in [-0.25, -0.2) is 4.39 Å². The van der Waals surface area contributed by atoms with Crippen molar-refractivity contribution in [2.75, 3.05) is 20.1 Å². The van der Waals surface area contributed by atoms with E-state index >= 15 is 0 Å². The van der Waals surface area contributed by atoms with E-state index in [1.807, 2.05) is 19.4 Å². The zero-order chi connectivity index (χ0) is 16.4. The summed E-state index contributed by atoms with van der Waals surface area (Å²) in [4.78, 5) is 14.4. The van der Waals surface area contributed by atoms with Crippen LogP contribution in [0.3, 0.4) is 0 Å². The van der Waals surface area contributed by atoms with Gasteiger partial charge in [0.1, 0.15) is 5.82 Å². The lowest BCUT2D eigenvalue weighted by molar-refractivity contribution is -0.134. The van der Waals surface area contributed by atoms with E-state index in [-0.39, 0.29) is 42.5 Å². The second-order valence-corrected chi connectivity index (χ2v) is 6.10. The third-order valence-electron chi connectivity index (χ3n) is 4.43. The molecular formula is C17H22ClFN4O. The SMILES string of the molecule is CN(Cc1ccccc1F)C(=O)[C@H]1CNC[C@@H]1c1cnn(C)c1.Cl. The van der Waals surface area contributed by atoms with Gasteiger partial charge in [-0.05, 0) is 11.6 Å². The zero-order valence-electron chi connectivity index (χ0n) is 13.8. The van der Waals surface area contributed by atoms with E-state index in [0.29, 0.717) is 12.1 Å². The number of benzene rings is 1. The normalized spacial score (nSPS) is 19.8. The minimum Gasteiger partial charge on any atom is -0.341 e. The summed E-state index contributed by atoms with van der Waals surface area (Å²) < 4.78 is 15.5. The van der Waals surface area contributed by atoms with Gasteiger partial charge in [0.2, 0.25) is 5.91 Å². The van der Waals surface area contributed by atoms with Crippen LogP contribution >= 0.6 is 12.4 Å². The van der Waals surface area contributed by atoms with Gasteiger partial charge in [-0.3, -0.25) is 9.48 Å². The molecule has 1 amide bonds. The van der Waals surface area contributed by atoms with Gasteiger partial charge in [-0.15, -0.1) is 12.4 Å². The first-order valence-electron chi connectivity index (χ1n) is 7.74. The molecule has 0 aliphatic carbocycles. The van der Waals surface area contributed by atoms with Gasteiger partial charge in [-0.2, -0.15) is 5.10 Å². The molecule has 0 bridgehead atoms. The quantitative estimate of drug-likeness (QED) is 0.915. The lowest BCUT2D eigenvalue weighted by atomic mass is 9.90. The van der Waals surface area contributed by atoms with Crippen LogP contribution in [0.5, 0.6) is 0 Å². The number of aryl methyl sites for hydroxylation is 1. The first-order valence-corrected chi connectivity index (χ1v) is 7.74. The summed E-state index contributed by atoms with van der Waals surface area (Å²) >= 11 is 0. The van der Waals surface area contributed by atoms with Crippen molar-refractivity contribution in [2.45, 2.75) is 12.5 Å². The largest absolute Gasteiger partial charge is 0.341 e. The van der Waals surface area contributed by atoms with Crippen molar-refractivity contribution in [1.29, 1.82) is 0 Å². The van der Waals surface area contributed by atoms with Crippen LogP contribution in [0, 0.1) is 11.7 Å². The zero-order valence-corrected chi connectivity index (χ0v) is 14.6. The second-order valence-electron chi connectivity index (χ2n) is 6.10. The number of amides is 1. The summed E-state index contributed by atoms with van der Waals surface area (Å²) in [6.07, 6.45) is 3.77. The Morgan fingerprint density at radius 3 is 2.83 bits per heavy atom. The molecule has 1 saturated heterocycles. The van der Waals surface area contributed by atoms with Crippen LogP contribution in [0.1, 0.15) is 17.0 Å². The Bertz CT molecular complexity index is 705. The van der Waals surface area contributed by atoms with Crippen LogP contribution < -0.4 is 5.32 Å². The lowest BCUT2D eigenvalue weighted by Gasteiger charge is -2.24. The first kappa shape index (κ1) is 18.4. The molecule has 0 radical (unpaired) electrons. The number of halogens is 2. The molecule has 3 rings (SSSR count). The average molecular weight is 353 g/mol. The van der Waals surface area contributed by atoms with Crippen LogP contribution in [-0.2, 0) is 18.4 Å². The standard InChI is InChI=1S/C17H21FN4O.ClH/c1-21(10-12-5-3-4-6-16(12)18)17(23)15-9-19-8-14(15)13-7-20-22(2)11-13;/h3-7,11,14-15,19H,8-10H2,1-2H3;1H/t14-,15+;/m1./s1. The van der Waals surface area contributed by atoms with E-state index in [0.717, 1.165) is 12.1 Å². The van der Waals surface area contributed by atoms with Crippen molar-refractivity contribution in [3.63, 3.8) is 0 Å². The maximum Gasteiger partial charge on any atom is 0.227 e. The fourth-order valence-electron chi connectivity index (χ4n) is 3.16. The van der Waals surface area contributed by atoms with Gasteiger partial charge in [0, 0.05) is 51.4 Å². The van der Waals surface area contributed by atoms with Crippen LogP contribution in [0.2, 0.25) is 0 Å². The fourth-order valence-corrected chi connectivity index (χ4v) is 3.16. The molecule has 1 aromatic heterocycles. The predicted octanol–water partition coefficient (Wildman–Crippen LogP) is 1.94. The number of nitrogens with zero attached hydrogens (tertiary/aromatic N) is 3. The van der Waals surface area contributed by atoms with E-state index in [1.165, 1.54) is 6.07 Å². The maximum absolute atomic E-state index is 13.8. The molecule has 2 atom stereocenters. The molecule has 2 heterocycles. The highest BCUT2D eigenvalue weighted by molar-refractivity contribution is 5.85. The molecule has 0 saturated carbocycles. The predicted molar refractivity (Wildman–Crippen MR) is 92.4 cm³/mol. The smallest absolute Gasteiger partial charge is 0.227 e. The molecule has 24 heavy (non-hydrogen) atoms. The van der Waals surface area contributed by atoms with Crippen molar-refractivity contribution in [2.24, 2.45) is 13.0 Å². The van der Waals surface area contributed by atoms with Gasteiger partial charge in [-0.1, -0.05) is 18.2 Å². The second kappa shape index (κ2) is 7.77. The van der Waals surface area contributed by atoms with Crippen LogP contribution in [-0.4, -0.2) is 40.7 Å². The first-order chi connectivity index (χ1) is 11.1. The summed E-state index contributed by atoms with van der Waals surface area (Å²) in [7, 11) is 3.60. The van der Waals surface area contributed by atoms with Crippen molar-refractivity contribution in [1.82, 2.24) is 20.0 Å². The van der Waals surface area contributed by atoms with Crippen LogP contribution in [0.25, 0.3) is 0 Å². The Balaban J connectivity index is 0.00000208. The number of aromatic nitrogens is 2. The molecule has 0 unspecified atom stereocenters. The number of rotatable bonds is 4. The highest BCUT2D eigenvalue weighted by Crippen LogP contribution is 2.29. The molecule has 7 heteroatoms. The fraction of sp³-hybridized carbons (Fsp3) is 0.412. The molecule has 5 nitrogen and oxygen atoms in total. The van der Waals surface area contributed by atoms with E-state index in [9.17, 15) is 9.18 Å². The molecule has 1 aliphatic heterocycles. The van der Waals surface area contributed by atoms with Crippen LogP contribution in [0.15, 0.2) is 36.7 Å². The average Bonchev–Trinajstić information content (AvgIpc) is 3.17. The number of nitrogens with one attached hydrogen (secondary N) is 1. The Labute approximate surface area is 147 Å². The lowest BCUT2D eigenvalue weighted by Crippen LogP contribution is -2.35. The number of hydrogen-bond acceptors (Lipinski definition) is 3. The Morgan fingerprint density at radius 1 is 1.42 bits per heavy atom. The topological polar surface area (TPSA) is 50.2 Å². The molecule has 0 spiro atoms. The summed E-state index contributed by atoms with van der Waals surface area (Å²) in [6, 6.07) is 6.57. The van der Waals surface area contributed by atoms with E-state index in [2.05, 4.69) is 10.4 Å². The summed E-state index contributed by atoms with van der Waals surface area (Å²) in [5.74, 6) is -0.275. The van der Waals surface area contributed by atoms with Gasteiger partial charge in [0.05, 0.1) is 12.1 Å². The number of carbonyl (C=O) groups is 1. The summed E-state index contributed by atoms with van der Waals surface area (Å²) in [6.45, 7) is 1.68. The molecular weight excluding hydrogens is 331 g/mol. The molecule has 1 fully saturated rings. The monoisotopic (exact) mass is 352 g/mol.